The summed E-state index contributed by atoms with van der Waals surface area (Å²) in [6.45, 7) is 7.28. The molecule has 2 aromatic carbocycles. The fourth-order valence-electron chi connectivity index (χ4n) is 7.89. The normalized spacial score (nSPS) is 34.9. The first-order valence-electron chi connectivity index (χ1n) is 12.2. The Labute approximate surface area is 182 Å². The van der Waals surface area contributed by atoms with E-state index in [0.29, 0.717) is 29.6 Å². The van der Waals surface area contributed by atoms with Gasteiger partial charge in [-0.3, -0.25) is 0 Å². The van der Waals surface area contributed by atoms with Gasteiger partial charge in [-0.15, -0.1) is 0 Å². The molecule has 0 saturated carbocycles. The van der Waals surface area contributed by atoms with E-state index in [-0.39, 0.29) is 0 Å². The van der Waals surface area contributed by atoms with Gasteiger partial charge in [0.2, 0.25) is 0 Å². The second-order valence-corrected chi connectivity index (χ2v) is 10.7. The third-order valence-electron chi connectivity index (χ3n) is 9.08. The predicted molar refractivity (Wildman–Crippen MR) is 126 cm³/mol. The fraction of sp³-hybridized carbons (Fsp3) is 0.467. The molecule has 0 amide bonds. The van der Waals surface area contributed by atoms with Crippen LogP contribution in [-0.4, -0.2) is 0 Å². The van der Waals surface area contributed by atoms with Gasteiger partial charge in [0.15, 0.2) is 0 Å². The predicted octanol–water partition coefficient (Wildman–Crippen LogP) is 8.10. The van der Waals surface area contributed by atoms with Crippen LogP contribution in [0.5, 0.6) is 0 Å². The Hall–Kier alpha value is -2.08. The van der Waals surface area contributed by atoms with Crippen molar-refractivity contribution in [3.05, 3.63) is 94.1 Å². The first-order valence-corrected chi connectivity index (χ1v) is 12.2. The van der Waals surface area contributed by atoms with E-state index in [1.165, 1.54) is 25.7 Å². The van der Waals surface area contributed by atoms with E-state index >= 15 is 0 Å². The molecule has 0 radical (unpaired) electrons. The molecule has 6 atom stereocenters. The van der Waals surface area contributed by atoms with E-state index in [4.69, 9.17) is 0 Å². The lowest BCUT2D eigenvalue weighted by molar-refractivity contribution is 0.224. The first kappa shape index (κ1) is 18.7. The molecule has 4 aliphatic rings. The van der Waals surface area contributed by atoms with Crippen molar-refractivity contribution < 1.29 is 0 Å². The van der Waals surface area contributed by atoms with Crippen molar-refractivity contribution in [3.63, 3.8) is 0 Å². The van der Waals surface area contributed by atoms with Crippen LogP contribution < -0.4 is 0 Å². The van der Waals surface area contributed by atoms with E-state index in [1.54, 1.807) is 33.4 Å². The van der Waals surface area contributed by atoms with E-state index < -0.39 is 0 Å². The molecular weight excluding hydrogens is 360 g/mol. The van der Waals surface area contributed by atoms with Crippen LogP contribution in [0.4, 0.5) is 0 Å². The molecule has 0 heteroatoms. The summed E-state index contributed by atoms with van der Waals surface area (Å²) in [4.78, 5) is 0. The number of fused-ring (bicyclic) bond motifs is 6. The number of allylic oxidation sites excluding steroid dienone is 4. The van der Waals surface area contributed by atoms with E-state index in [0.717, 1.165) is 11.8 Å². The van der Waals surface area contributed by atoms with Crippen LogP contribution in [0.2, 0.25) is 0 Å². The molecule has 0 fully saturated rings. The second-order valence-electron chi connectivity index (χ2n) is 10.7. The van der Waals surface area contributed by atoms with E-state index in [2.05, 4.69) is 81.5 Å². The fourth-order valence-corrected chi connectivity index (χ4v) is 7.89. The summed E-state index contributed by atoms with van der Waals surface area (Å²) >= 11 is 0. The van der Waals surface area contributed by atoms with Gasteiger partial charge in [0, 0.05) is 11.8 Å². The number of hydrogen-bond acceptors (Lipinski definition) is 0. The van der Waals surface area contributed by atoms with Crippen molar-refractivity contribution in [3.8, 4) is 0 Å². The average Bonchev–Trinajstić information content (AvgIpc) is 3.26. The molecule has 0 aromatic heterocycles. The minimum atomic E-state index is 0.642. The van der Waals surface area contributed by atoms with E-state index in [1.807, 2.05) is 0 Å². The minimum Gasteiger partial charge on any atom is -0.0778 e. The monoisotopic (exact) mass is 394 g/mol. The van der Waals surface area contributed by atoms with Crippen LogP contribution in [-0.2, 0) is 0 Å². The molecular formula is C30H34. The lowest BCUT2D eigenvalue weighted by Crippen LogP contribution is -2.28. The summed E-state index contributed by atoms with van der Waals surface area (Å²) in [7, 11) is 0. The molecule has 0 nitrogen and oxygen atoms in total. The maximum absolute atomic E-state index is 2.61. The maximum Gasteiger partial charge on any atom is 0.00577 e. The van der Waals surface area contributed by atoms with Gasteiger partial charge in [-0.25, -0.2) is 0 Å². The highest BCUT2D eigenvalue weighted by atomic mass is 14.5. The summed E-state index contributed by atoms with van der Waals surface area (Å²) in [5.74, 6) is 4.93. The van der Waals surface area contributed by atoms with E-state index in [9.17, 15) is 0 Å². The minimum absolute atomic E-state index is 0.642. The Kier molecular flexibility index (Phi) is 4.34. The first-order chi connectivity index (χ1) is 14.6. The molecule has 6 unspecified atom stereocenters. The van der Waals surface area contributed by atoms with Gasteiger partial charge >= 0.3 is 0 Å². The SMILES string of the molecule is CC1=CC2c3ccccc3C(C(C)C3c4ccccc4C4C=C(C)CCC43)C2CC1. The zero-order chi connectivity index (χ0) is 20.4. The van der Waals surface area contributed by atoms with Gasteiger partial charge in [-0.1, -0.05) is 78.8 Å². The maximum atomic E-state index is 2.61. The highest BCUT2D eigenvalue weighted by molar-refractivity contribution is 5.48. The van der Waals surface area contributed by atoms with Crippen molar-refractivity contribution in [2.75, 3.05) is 0 Å². The Bertz CT molecular complexity index is 954. The largest absolute Gasteiger partial charge is 0.0778 e. The van der Waals surface area contributed by atoms with Gasteiger partial charge < -0.3 is 0 Å². The lowest BCUT2D eigenvalue weighted by atomic mass is 9.65. The molecule has 0 N–H and O–H groups in total. The second kappa shape index (κ2) is 6.98. The van der Waals surface area contributed by atoms with Crippen LogP contribution in [0.3, 0.4) is 0 Å². The highest BCUT2D eigenvalue weighted by Crippen LogP contribution is 2.62. The summed E-state index contributed by atoms with van der Waals surface area (Å²) in [6, 6.07) is 18.9. The number of rotatable bonds is 2. The number of benzene rings is 2. The van der Waals surface area contributed by atoms with Crippen molar-refractivity contribution in [2.45, 2.75) is 70.1 Å². The van der Waals surface area contributed by atoms with Crippen LogP contribution in [0.1, 0.15) is 92.4 Å². The van der Waals surface area contributed by atoms with Crippen LogP contribution in [0.15, 0.2) is 71.8 Å². The average molecular weight is 395 g/mol. The van der Waals surface area contributed by atoms with Crippen molar-refractivity contribution in [2.24, 2.45) is 17.8 Å². The van der Waals surface area contributed by atoms with Gasteiger partial charge in [-0.2, -0.15) is 0 Å². The molecule has 4 aliphatic carbocycles. The van der Waals surface area contributed by atoms with Gasteiger partial charge in [0.05, 0.1) is 0 Å². The molecule has 30 heavy (non-hydrogen) atoms. The van der Waals surface area contributed by atoms with Gasteiger partial charge in [0.1, 0.15) is 0 Å². The summed E-state index contributed by atoms with van der Waals surface area (Å²) in [6.07, 6.45) is 10.5. The quantitative estimate of drug-likeness (QED) is 0.451. The topological polar surface area (TPSA) is 0 Å². The Balaban J connectivity index is 1.45. The van der Waals surface area contributed by atoms with Crippen LogP contribution in [0, 0.1) is 17.8 Å². The van der Waals surface area contributed by atoms with Crippen LogP contribution in [0.25, 0.3) is 0 Å². The van der Waals surface area contributed by atoms with Crippen LogP contribution >= 0.6 is 0 Å². The molecule has 0 heterocycles. The van der Waals surface area contributed by atoms with Gasteiger partial charge in [-0.05, 0) is 91.4 Å². The molecule has 0 aliphatic heterocycles. The third-order valence-corrected chi connectivity index (χ3v) is 9.08. The van der Waals surface area contributed by atoms with Crippen molar-refractivity contribution in [1.82, 2.24) is 0 Å². The molecule has 0 bridgehead atoms. The molecule has 6 rings (SSSR count). The Morgan fingerprint density at radius 3 is 1.47 bits per heavy atom. The van der Waals surface area contributed by atoms with Crippen molar-refractivity contribution in [1.29, 1.82) is 0 Å². The Morgan fingerprint density at radius 1 is 0.633 bits per heavy atom. The zero-order valence-electron chi connectivity index (χ0n) is 18.6. The zero-order valence-corrected chi connectivity index (χ0v) is 18.6. The smallest absolute Gasteiger partial charge is 0.00577 e. The molecule has 2 aromatic rings. The molecule has 0 saturated heterocycles. The summed E-state index contributed by atoms with van der Waals surface area (Å²) in [5.41, 5.74) is 9.77. The molecule has 154 valence electrons. The highest BCUT2D eigenvalue weighted by Gasteiger charge is 2.50. The summed E-state index contributed by atoms with van der Waals surface area (Å²) < 4.78 is 0. The third kappa shape index (κ3) is 2.65. The van der Waals surface area contributed by atoms with Gasteiger partial charge in [0.25, 0.3) is 0 Å². The Morgan fingerprint density at radius 2 is 1.03 bits per heavy atom. The standard InChI is InChI=1S/C30H34/c1-18-12-14-25-27(16-18)21-8-4-6-10-23(21)29(25)20(3)30-24-11-7-5-9-22(24)28-17-19(2)13-15-26(28)30/h4-11,16-17,20,25-30H,12-15H2,1-3H3. The number of hydrogen-bond donors (Lipinski definition) is 0. The summed E-state index contributed by atoms with van der Waals surface area (Å²) in [5, 5.41) is 0. The van der Waals surface area contributed by atoms with Crippen molar-refractivity contribution >= 4 is 0 Å². The molecule has 0 spiro atoms. The lowest BCUT2D eigenvalue weighted by Gasteiger charge is -2.38.